The fourth-order valence-corrected chi connectivity index (χ4v) is 4.88. The standard InChI is InChI=1S/C19H24ClNO3/c1-18(2)8-13-9-19(3,11-18)12-21(13)16(22)10-24-17(23)14-6-4-5-7-15(14)20/h4-7,13H,8-12H2,1-3H3. The third-order valence-electron chi connectivity index (χ3n) is 5.16. The fraction of sp³-hybridized carbons (Fsp3) is 0.579. The van der Waals surface area contributed by atoms with Crippen LogP contribution in [0.15, 0.2) is 24.3 Å². The monoisotopic (exact) mass is 349 g/mol. The summed E-state index contributed by atoms with van der Waals surface area (Å²) in [5.41, 5.74) is 0.718. The van der Waals surface area contributed by atoms with E-state index in [0.717, 1.165) is 25.8 Å². The molecule has 24 heavy (non-hydrogen) atoms. The molecule has 4 nitrogen and oxygen atoms in total. The summed E-state index contributed by atoms with van der Waals surface area (Å²) >= 11 is 5.99. The lowest BCUT2D eigenvalue weighted by Crippen LogP contribution is -2.39. The molecule has 1 saturated carbocycles. The molecule has 1 amide bonds. The second-order valence-corrected chi connectivity index (χ2v) is 8.70. The molecule has 130 valence electrons. The van der Waals surface area contributed by atoms with Gasteiger partial charge in [0.15, 0.2) is 6.61 Å². The Morgan fingerprint density at radius 3 is 2.67 bits per heavy atom. The molecule has 0 radical (unpaired) electrons. The Labute approximate surface area is 148 Å². The number of carbonyl (C=O) groups excluding carboxylic acids is 2. The van der Waals surface area contributed by atoms with Crippen molar-refractivity contribution in [3.8, 4) is 0 Å². The molecule has 1 aromatic carbocycles. The number of amides is 1. The van der Waals surface area contributed by atoms with Crippen molar-refractivity contribution in [1.29, 1.82) is 0 Å². The Balaban J connectivity index is 1.62. The lowest BCUT2D eigenvalue weighted by molar-refractivity contribution is -0.135. The molecule has 2 atom stereocenters. The molecule has 1 saturated heterocycles. The number of benzene rings is 1. The maximum Gasteiger partial charge on any atom is 0.340 e. The summed E-state index contributed by atoms with van der Waals surface area (Å²) in [5, 5.41) is 0.334. The summed E-state index contributed by atoms with van der Waals surface area (Å²) in [4.78, 5) is 26.6. The highest BCUT2D eigenvalue weighted by atomic mass is 35.5. The van der Waals surface area contributed by atoms with E-state index in [4.69, 9.17) is 16.3 Å². The lowest BCUT2D eigenvalue weighted by atomic mass is 9.65. The van der Waals surface area contributed by atoms with Gasteiger partial charge >= 0.3 is 5.97 Å². The largest absolute Gasteiger partial charge is 0.452 e. The Bertz CT molecular complexity index is 672. The van der Waals surface area contributed by atoms with Gasteiger partial charge in [-0.1, -0.05) is 44.5 Å². The van der Waals surface area contributed by atoms with Crippen LogP contribution >= 0.6 is 11.6 Å². The predicted molar refractivity (Wildman–Crippen MR) is 93.0 cm³/mol. The van der Waals surface area contributed by atoms with Gasteiger partial charge in [-0.3, -0.25) is 4.79 Å². The molecule has 1 aliphatic carbocycles. The number of hydrogen-bond donors (Lipinski definition) is 0. The Morgan fingerprint density at radius 2 is 1.96 bits per heavy atom. The van der Waals surface area contributed by atoms with Gasteiger partial charge in [0.05, 0.1) is 10.6 Å². The minimum Gasteiger partial charge on any atom is -0.452 e. The fourth-order valence-electron chi connectivity index (χ4n) is 4.67. The van der Waals surface area contributed by atoms with Gasteiger partial charge in [-0.15, -0.1) is 0 Å². The average Bonchev–Trinajstić information content (AvgIpc) is 2.74. The Kier molecular flexibility index (Phi) is 4.37. The molecular formula is C19H24ClNO3. The minimum absolute atomic E-state index is 0.109. The molecule has 1 aliphatic heterocycles. The summed E-state index contributed by atoms with van der Waals surface area (Å²) < 4.78 is 5.20. The van der Waals surface area contributed by atoms with E-state index in [1.54, 1.807) is 24.3 Å². The molecule has 5 heteroatoms. The maximum atomic E-state index is 12.6. The first-order valence-corrected chi connectivity index (χ1v) is 8.78. The van der Waals surface area contributed by atoms with Crippen LogP contribution in [0.1, 0.15) is 50.4 Å². The number of carbonyl (C=O) groups is 2. The third kappa shape index (κ3) is 3.44. The molecule has 3 rings (SSSR count). The van der Waals surface area contributed by atoms with Crippen molar-refractivity contribution < 1.29 is 14.3 Å². The first-order valence-electron chi connectivity index (χ1n) is 8.40. The number of fused-ring (bicyclic) bond motifs is 2. The summed E-state index contributed by atoms with van der Waals surface area (Å²) in [6, 6.07) is 6.95. The molecule has 0 spiro atoms. The van der Waals surface area contributed by atoms with Gasteiger partial charge in [0.25, 0.3) is 5.91 Å². The van der Waals surface area contributed by atoms with Crippen LogP contribution in [0, 0.1) is 10.8 Å². The van der Waals surface area contributed by atoms with Gasteiger partial charge in [0.1, 0.15) is 0 Å². The second-order valence-electron chi connectivity index (χ2n) is 8.29. The molecule has 0 N–H and O–H groups in total. The number of halogens is 1. The van der Waals surface area contributed by atoms with E-state index >= 15 is 0 Å². The van der Waals surface area contributed by atoms with Crippen LogP contribution in [-0.2, 0) is 9.53 Å². The molecule has 2 bridgehead atoms. The van der Waals surface area contributed by atoms with Gasteiger partial charge < -0.3 is 9.64 Å². The van der Waals surface area contributed by atoms with E-state index in [2.05, 4.69) is 20.8 Å². The number of likely N-dealkylation sites (tertiary alicyclic amines) is 1. The van der Waals surface area contributed by atoms with Crippen LogP contribution in [0.4, 0.5) is 0 Å². The quantitative estimate of drug-likeness (QED) is 0.777. The third-order valence-corrected chi connectivity index (χ3v) is 5.49. The van der Waals surface area contributed by atoms with E-state index in [1.807, 2.05) is 4.90 Å². The average molecular weight is 350 g/mol. The highest BCUT2D eigenvalue weighted by Gasteiger charge is 2.50. The molecule has 2 aliphatic rings. The van der Waals surface area contributed by atoms with E-state index in [0.29, 0.717) is 10.6 Å². The van der Waals surface area contributed by atoms with E-state index in [9.17, 15) is 9.59 Å². The summed E-state index contributed by atoms with van der Waals surface area (Å²) in [6.07, 6.45) is 3.17. The van der Waals surface area contributed by atoms with Crippen LogP contribution in [0.3, 0.4) is 0 Å². The van der Waals surface area contributed by atoms with Crippen molar-refractivity contribution in [2.45, 2.75) is 46.1 Å². The van der Waals surface area contributed by atoms with E-state index < -0.39 is 5.97 Å². The Morgan fingerprint density at radius 1 is 1.25 bits per heavy atom. The summed E-state index contributed by atoms with van der Waals surface area (Å²) in [6.45, 7) is 7.32. The Hall–Kier alpha value is -1.55. The van der Waals surface area contributed by atoms with Crippen molar-refractivity contribution >= 4 is 23.5 Å². The second kappa shape index (κ2) is 6.07. The first-order chi connectivity index (χ1) is 11.2. The van der Waals surface area contributed by atoms with Crippen LogP contribution < -0.4 is 0 Å². The van der Waals surface area contributed by atoms with Crippen molar-refractivity contribution in [2.75, 3.05) is 13.2 Å². The highest BCUT2D eigenvalue weighted by molar-refractivity contribution is 6.33. The smallest absolute Gasteiger partial charge is 0.340 e. The lowest BCUT2D eigenvalue weighted by Gasteiger charge is -2.39. The van der Waals surface area contributed by atoms with E-state index in [1.165, 1.54) is 0 Å². The van der Waals surface area contributed by atoms with Gasteiger partial charge in [-0.2, -0.15) is 0 Å². The van der Waals surface area contributed by atoms with Crippen molar-refractivity contribution in [2.24, 2.45) is 10.8 Å². The van der Waals surface area contributed by atoms with Crippen LogP contribution in [-0.4, -0.2) is 36.0 Å². The topological polar surface area (TPSA) is 46.6 Å². The van der Waals surface area contributed by atoms with Gasteiger partial charge in [0.2, 0.25) is 0 Å². The van der Waals surface area contributed by atoms with Gasteiger partial charge in [-0.05, 0) is 42.2 Å². The normalized spacial score (nSPS) is 27.8. The SMILES string of the molecule is CC1(C)CC2CC(C)(CN2C(=O)COC(=O)c2ccccc2Cl)C1. The van der Waals surface area contributed by atoms with Crippen LogP contribution in [0.25, 0.3) is 0 Å². The van der Waals surface area contributed by atoms with E-state index in [-0.39, 0.29) is 29.4 Å². The minimum atomic E-state index is -0.553. The molecule has 1 heterocycles. The highest BCUT2D eigenvalue weighted by Crippen LogP contribution is 2.52. The zero-order valence-electron chi connectivity index (χ0n) is 14.5. The van der Waals surface area contributed by atoms with Crippen molar-refractivity contribution in [3.05, 3.63) is 34.9 Å². The zero-order chi connectivity index (χ0) is 17.5. The predicted octanol–water partition coefficient (Wildman–Crippen LogP) is 3.92. The first kappa shape index (κ1) is 17.3. The number of nitrogens with zero attached hydrogens (tertiary/aromatic N) is 1. The van der Waals surface area contributed by atoms with Gasteiger partial charge in [0, 0.05) is 12.6 Å². The maximum absolute atomic E-state index is 12.6. The number of rotatable bonds is 3. The molecule has 0 aromatic heterocycles. The molecule has 2 unspecified atom stereocenters. The van der Waals surface area contributed by atoms with Crippen LogP contribution in [0.2, 0.25) is 5.02 Å². The van der Waals surface area contributed by atoms with Gasteiger partial charge in [-0.25, -0.2) is 4.79 Å². The summed E-state index contributed by atoms with van der Waals surface area (Å²) in [7, 11) is 0. The molecule has 1 aromatic rings. The zero-order valence-corrected chi connectivity index (χ0v) is 15.2. The number of hydrogen-bond acceptors (Lipinski definition) is 3. The van der Waals surface area contributed by atoms with Crippen molar-refractivity contribution in [3.63, 3.8) is 0 Å². The number of ether oxygens (including phenoxy) is 1. The number of esters is 1. The summed E-state index contributed by atoms with van der Waals surface area (Å²) in [5.74, 6) is -0.663. The molecular weight excluding hydrogens is 326 g/mol. The van der Waals surface area contributed by atoms with Crippen LogP contribution in [0.5, 0.6) is 0 Å². The molecule has 2 fully saturated rings. The van der Waals surface area contributed by atoms with Crippen molar-refractivity contribution in [1.82, 2.24) is 4.90 Å².